The Kier molecular flexibility index (Phi) is 4.42. The molecule has 2 atom stereocenters. The SMILES string of the molecule is CCOc1ccc([C@H]2C[C@@H](c3ccccc3Cl)n3nc(N)nc3N2)cc1. The van der Waals surface area contributed by atoms with Crippen molar-refractivity contribution in [3.63, 3.8) is 0 Å². The van der Waals surface area contributed by atoms with Crippen LogP contribution in [0.25, 0.3) is 0 Å². The Bertz CT molecular complexity index is 909. The number of hydrogen-bond donors (Lipinski definition) is 2. The summed E-state index contributed by atoms with van der Waals surface area (Å²) in [4.78, 5) is 4.33. The minimum Gasteiger partial charge on any atom is -0.494 e. The predicted molar refractivity (Wildman–Crippen MR) is 103 cm³/mol. The standard InChI is InChI=1S/C19H20ClN5O/c1-2-26-13-9-7-12(8-10-13)16-11-17(14-5-3-4-6-15(14)20)25-19(22-16)23-18(21)24-25/h3-10,16-17H,2,11H2,1H3,(H3,21,22,23,24)/t16-,17+/m1/s1. The molecule has 2 heterocycles. The van der Waals surface area contributed by atoms with Gasteiger partial charge in [0.2, 0.25) is 11.9 Å². The van der Waals surface area contributed by atoms with Crippen molar-refractivity contribution in [2.24, 2.45) is 0 Å². The quantitative estimate of drug-likeness (QED) is 0.725. The lowest BCUT2D eigenvalue weighted by molar-refractivity contribution is 0.340. The highest BCUT2D eigenvalue weighted by atomic mass is 35.5. The molecule has 3 N–H and O–H groups in total. The van der Waals surface area contributed by atoms with Crippen LogP contribution in [0.4, 0.5) is 11.9 Å². The summed E-state index contributed by atoms with van der Waals surface area (Å²) in [6, 6.07) is 16.0. The van der Waals surface area contributed by atoms with Gasteiger partial charge in [-0.05, 0) is 42.7 Å². The Morgan fingerprint density at radius 2 is 2.00 bits per heavy atom. The van der Waals surface area contributed by atoms with Crippen molar-refractivity contribution in [3.8, 4) is 5.75 Å². The molecule has 134 valence electrons. The van der Waals surface area contributed by atoms with Gasteiger partial charge in [0.05, 0.1) is 18.7 Å². The predicted octanol–water partition coefficient (Wildman–Crippen LogP) is 4.06. The van der Waals surface area contributed by atoms with E-state index in [1.54, 1.807) is 0 Å². The zero-order valence-corrected chi connectivity index (χ0v) is 15.1. The molecule has 1 aliphatic rings. The number of hydrogen-bond acceptors (Lipinski definition) is 5. The molecule has 0 fully saturated rings. The van der Waals surface area contributed by atoms with Crippen LogP contribution in [0.5, 0.6) is 5.75 Å². The van der Waals surface area contributed by atoms with Gasteiger partial charge in [0.25, 0.3) is 0 Å². The number of aromatic nitrogens is 3. The van der Waals surface area contributed by atoms with Crippen LogP contribution in [0, 0.1) is 0 Å². The molecule has 0 bridgehead atoms. The van der Waals surface area contributed by atoms with Crippen molar-refractivity contribution >= 4 is 23.5 Å². The maximum atomic E-state index is 6.45. The summed E-state index contributed by atoms with van der Waals surface area (Å²) in [5.41, 5.74) is 8.00. The van der Waals surface area contributed by atoms with E-state index in [9.17, 15) is 0 Å². The van der Waals surface area contributed by atoms with Gasteiger partial charge in [0, 0.05) is 5.02 Å². The Labute approximate surface area is 156 Å². The maximum absolute atomic E-state index is 6.45. The fourth-order valence-electron chi connectivity index (χ4n) is 3.38. The Balaban J connectivity index is 1.70. The largest absolute Gasteiger partial charge is 0.494 e. The Hall–Kier alpha value is -2.73. The topological polar surface area (TPSA) is 78.0 Å². The van der Waals surface area contributed by atoms with Crippen molar-refractivity contribution in [1.29, 1.82) is 0 Å². The van der Waals surface area contributed by atoms with Crippen LogP contribution in [0.2, 0.25) is 5.02 Å². The number of nitrogens with one attached hydrogen (secondary N) is 1. The lowest BCUT2D eigenvalue weighted by atomic mass is 9.93. The van der Waals surface area contributed by atoms with Crippen LogP contribution in [0.15, 0.2) is 48.5 Å². The number of fused-ring (bicyclic) bond motifs is 1. The van der Waals surface area contributed by atoms with E-state index in [1.165, 1.54) is 0 Å². The van der Waals surface area contributed by atoms with Crippen molar-refractivity contribution in [2.45, 2.75) is 25.4 Å². The lowest BCUT2D eigenvalue weighted by Crippen LogP contribution is -2.28. The van der Waals surface area contributed by atoms with Gasteiger partial charge in [-0.25, -0.2) is 4.68 Å². The zero-order valence-electron chi connectivity index (χ0n) is 14.4. The molecular formula is C19H20ClN5O. The molecule has 0 saturated carbocycles. The first-order valence-electron chi connectivity index (χ1n) is 8.61. The molecule has 0 amide bonds. The van der Waals surface area contributed by atoms with E-state index < -0.39 is 0 Å². The van der Waals surface area contributed by atoms with Gasteiger partial charge in [-0.3, -0.25) is 0 Å². The number of benzene rings is 2. The van der Waals surface area contributed by atoms with Gasteiger partial charge in [-0.1, -0.05) is 41.9 Å². The second-order valence-electron chi connectivity index (χ2n) is 6.21. The summed E-state index contributed by atoms with van der Waals surface area (Å²) in [7, 11) is 0. The second-order valence-corrected chi connectivity index (χ2v) is 6.62. The van der Waals surface area contributed by atoms with Crippen LogP contribution in [0.3, 0.4) is 0 Å². The summed E-state index contributed by atoms with van der Waals surface area (Å²) in [6.07, 6.45) is 0.785. The van der Waals surface area contributed by atoms with Crippen LogP contribution >= 0.6 is 11.6 Å². The van der Waals surface area contributed by atoms with E-state index in [1.807, 2.05) is 48.0 Å². The highest BCUT2D eigenvalue weighted by Gasteiger charge is 2.31. The molecular weight excluding hydrogens is 350 g/mol. The average Bonchev–Trinajstić information content (AvgIpc) is 3.02. The van der Waals surface area contributed by atoms with Crippen LogP contribution in [-0.2, 0) is 0 Å². The fourth-order valence-corrected chi connectivity index (χ4v) is 3.64. The third kappa shape index (κ3) is 3.08. The van der Waals surface area contributed by atoms with Crippen molar-refractivity contribution in [2.75, 3.05) is 17.7 Å². The Morgan fingerprint density at radius 3 is 2.73 bits per heavy atom. The molecule has 26 heavy (non-hydrogen) atoms. The minimum absolute atomic E-state index is 0.0404. The summed E-state index contributed by atoms with van der Waals surface area (Å²) in [6.45, 7) is 2.63. The first-order chi connectivity index (χ1) is 12.7. The van der Waals surface area contributed by atoms with Crippen molar-refractivity contribution in [1.82, 2.24) is 14.8 Å². The summed E-state index contributed by atoms with van der Waals surface area (Å²) < 4.78 is 7.35. The monoisotopic (exact) mass is 369 g/mol. The van der Waals surface area contributed by atoms with Gasteiger partial charge in [0.1, 0.15) is 5.75 Å². The first kappa shape index (κ1) is 16.7. The molecule has 6 nitrogen and oxygen atoms in total. The Morgan fingerprint density at radius 1 is 1.23 bits per heavy atom. The van der Waals surface area contributed by atoms with Gasteiger partial charge in [0.15, 0.2) is 0 Å². The number of nitrogens with zero attached hydrogens (tertiary/aromatic N) is 3. The number of nitrogen functional groups attached to an aromatic ring is 1. The van der Waals surface area contributed by atoms with E-state index >= 15 is 0 Å². The maximum Gasteiger partial charge on any atom is 0.241 e. The smallest absolute Gasteiger partial charge is 0.241 e. The second kappa shape index (κ2) is 6.88. The zero-order chi connectivity index (χ0) is 18.1. The van der Waals surface area contributed by atoms with Crippen molar-refractivity contribution in [3.05, 3.63) is 64.7 Å². The molecule has 0 aliphatic carbocycles. The van der Waals surface area contributed by atoms with Gasteiger partial charge >= 0.3 is 0 Å². The van der Waals surface area contributed by atoms with E-state index in [2.05, 4.69) is 27.5 Å². The minimum atomic E-state index is -0.0404. The lowest BCUT2D eigenvalue weighted by Gasteiger charge is -2.32. The fraction of sp³-hybridized carbons (Fsp3) is 0.263. The van der Waals surface area contributed by atoms with E-state index in [0.717, 1.165) is 23.3 Å². The normalized spacial score (nSPS) is 18.8. The first-order valence-corrected chi connectivity index (χ1v) is 8.99. The van der Waals surface area contributed by atoms with E-state index in [4.69, 9.17) is 22.1 Å². The van der Waals surface area contributed by atoms with Crippen molar-refractivity contribution < 1.29 is 4.74 Å². The molecule has 7 heteroatoms. The summed E-state index contributed by atoms with van der Waals surface area (Å²) in [5, 5.41) is 8.50. The molecule has 1 aromatic heterocycles. The number of halogens is 1. The van der Waals surface area contributed by atoms with Gasteiger partial charge in [-0.15, -0.1) is 5.10 Å². The van der Waals surface area contributed by atoms with E-state index in [0.29, 0.717) is 17.6 Å². The third-order valence-corrected chi connectivity index (χ3v) is 4.91. The highest BCUT2D eigenvalue weighted by molar-refractivity contribution is 6.31. The van der Waals surface area contributed by atoms with E-state index in [-0.39, 0.29) is 18.0 Å². The van der Waals surface area contributed by atoms with Crippen LogP contribution in [0.1, 0.15) is 36.6 Å². The summed E-state index contributed by atoms with van der Waals surface area (Å²) in [5.74, 6) is 1.76. The van der Waals surface area contributed by atoms with Gasteiger partial charge in [-0.2, -0.15) is 4.98 Å². The number of anilines is 2. The molecule has 1 aliphatic heterocycles. The summed E-state index contributed by atoms with van der Waals surface area (Å²) >= 11 is 6.45. The molecule has 4 rings (SSSR count). The highest BCUT2D eigenvalue weighted by Crippen LogP contribution is 2.40. The van der Waals surface area contributed by atoms with Gasteiger partial charge < -0.3 is 15.8 Å². The molecule has 3 aromatic rings. The molecule has 0 radical (unpaired) electrons. The molecule has 0 saturated heterocycles. The number of nitrogens with two attached hydrogens (primary N) is 1. The number of ether oxygens (including phenoxy) is 1. The van der Waals surface area contributed by atoms with Crippen LogP contribution in [-0.4, -0.2) is 21.4 Å². The third-order valence-electron chi connectivity index (χ3n) is 4.56. The molecule has 0 spiro atoms. The molecule has 2 aromatic carbocycles. The average molecular weight is 370 g/mol. The molecule has 0 unspecified atom stereocenters. The van der Waals surface area contributed by atoms with Crippen LogP contribution < -0.4 is 15.8 Å². The number of rotatable bonds is 4.